The monoisotopic (exact) mass is 351 g/mol. The lowest BCUT2D eigenvalue weighted by Crippen LogP contribution is -2.13. The molecule has 1 atom stereocenters. The van der Waals surface area contributed by atoms with E-state index in [1.54, 1.807) is 19.2 Å². The molecule has 0 saturated heterocycles. The lowest BCUT2D eigenvalue weighted by molar-refractivity contribution is 0.0994. The van der Waals surface area contributed by atoms with Gasteiger partial charge in [-0.3, -0.25) is 4.79 Å². The Balaban J connectivity index is 1.84. The van der Waals surface area contributed by atoms with Gasteiger partial charge in [0.2, 0.25) is 0 Å². The second-order valence-corrected chi connectivity index (χ2v) is 7.46. The van der Waals surface area contributed by atoms with Gasteiger partial charge in [-0.05, 0) is 62.2 Å². The van der Waals surface area contributed by atoms with Crippen LogP contribution in [0.15, 0.2) is 53.6 Å². The molecule has 0 unspecified atom stereocenters. The van der Waals surface area contributed by atoms with Crippen LogP contribution in [-0.4, -0.2) is 23.1 Å². The molecule has 1 aromatic heterocycles. The molecule has 4 heteroatoms. The number of rotatable bonds is 5. The maximum atomic E-state index is 12.7. The number of hydrogen-bond donors (Lipinski definition) is 0. The fourth-order valence-electron chi connectivity index (χ4n) is 2.82. The third kappa shape index (κ3) is 3.69. The van der Waals surface area contributed by atoms with E-state index in [1.807, 2.05) is 19.1 Å². The van der Waals surface area contributed by atoms with Crippen LogP contribution in [0.3, 0.4) is 0 Å². The van der Waals surface area contributed by atoms with Crippen molar-refractivity contribution in [2.24, 2.45) is 0 Å². The molecule has 128 valence electrons. The van der Waals surface area contributed by atoms with E-state index in [-0.39, 0.29) is 11.0 Å². The zero-order chi connectivity index (χ0) is 18.0. The highest BCUT2D eigenvalue weighted by Crippen LogP contribution is 2.29. The maximum absolute atomic E-state index is 12.7. The number of carbonyl (C=O) groups is 1. The van der Waals surface area contributed by atoms with Crippen LogP contribution in [0, 0.1) is 13.8 Å². The van der Waals surface area contributed by atoms with Crippen molar-refractivity contribution in [3.05, 3.63) is 65.2 Å². The Morgan fingerprint density at radius 1 is 1.08 bits per heavy atom. The molecule has 0 aliphatic rings. The summed E-state index contributed by atoms with van der Waals surface area (Å²) in [5.74, 6) is 0.844. The van der Waals surface area contributed by atoms with E-state index in [1.165, 1.54) is 22.7 Å². The minimum atomic E-state index is -0.207. The standard InChI is InChI=1S/C21H21NO2S/c1-13-6-5-7-18-14(2)12-19(22-20(13)18)25-15(3)21(23)16-8-10-17(24-4)11-9-16/h5-12,15H,1-4H3/t15-/m1/s1. The first-order valence-corrected chi connectivity index (χ1v) is 9.09. The molecule has 1 heterocycles. The number of Topliss-reactive ketones (excluding diaryl/α,β-unsaturated/α-hetero) is 1. The molecule has 3 rings (SSSR count). The number of ketones is 1. The SMILES string of the molecule is COc1ccc(C(=O)[C@@H](C)Sc2cc(C)c3cccc(C)c3n2)cc1. The van der Waals surface area contributed by atoms with Crippen molar-refractivity contribution in [1.29, 1.82) is 0 Å². The molecule has 25 heavy (non-hydrogen) atoms. The summed E-state index contributed by atoms with van der Waals surface area (Å²) in [7, 11) is 1.62. The lowest BCUT2D eigenvalue weighted by atomic mass is 10.1. The number of methoxy groups -OCH3 is 1. The number of nitrogens with zero attached hydrogens (tertiary/aromatic N) is 1. The van der Waals surface area contributed by atoms with Crippen molar-refractivity contribution in [2.45, 2.75) is 31.0 Å². The topological polar surface area (TPSA) is 39.2 Å². The summed E-state index contributed by atoms with van der Waals surface area (Å²) >= 11 is 1.50. The molecule has 0 aliphatic heterocycles. The van der Waals surface area contributed by atoms with Gasteiger partial charge in [0.15, 0.2) is 5.78 Å². The van der Waals surface area contributed by atoms with Gasteiger partial charge in [0.05, 0.1) is 22.9 Å². The summed E-state index contributed by atoms with van der Waals surface area (Å²) in [5.41, 5.74) is 4.03. The average molecular weight is 351 g/mol. The van der Waals surface area contributed by atoms with E-state index in [4.69, 9.17) is 9.72 Å². The Kier molecular flexibility index (Phi) is 5.09. The molecule has 3 nitrogen and oxygen atoms in total. The number of ether oxygens (including phenoxy) is 1. The Bertz CT molecular complexity index is 919. The molecule has 3 aromatic rings. The minimum Gasteiger partial charge on any atom is -0.497 e. The van der Waals surface area contributed by atoms with Crippen molar-refractivity contribution in [2.75, 3.05) is 7.11 Å². The Morgan fingerprint density at radius 3 is 2.48 bits per heavy atom. The molecule has 0 amide bonds. The first-order chi connectivity index (χ1) is 12.0. The number of fused-ring (bicyclic) bond motifs is 1. The number of aryl methyl sites for hydroxylation is 2. The fraction of sp³-hybridized carbons (Fsp3) is 0.238. The molecule has 0 spiro atoms. The predicted molar refractivity (Wildman–Crippen MR) is 104 cm³/mol. The molecule has 0 bridgehead atoms. The van der Waals surface area contributed by atoms with Crippen molar-refractivity contribution in [3.63, 3.8) is 0 Å². The van der Waals surface area contributed by atoms with E-state index in [0.29, 0.717) is 5.56 Å². The van der Waals surface area contributed by atoms with Gasteiger partial charge in [0.1, 0.15) is 5.75 Å². The highest BCUT2D eigenvalue weighted by atomic mass is 32.2. The second kappa shape index (κ2) is 7.28. The van der Waals surface area contributed by atoms with E-state index in [0.717, 1.165) is 21.9 Å². The van der Waals surface area contributed by atoms with E-state index in [2.05, 4.69) is 38.1 Å². The molecular weight excluding hydrogens is 330 g/mol. The van der Waals surface area contributed by atoms with Gasteiger partial charge in [0, 0.05) is 10.9 Å². The van der Waals surface area contributed by atoms with Crippen LogP contribution >= 0.6 is 11.8 Å². The Labute approximate surface area is 152 Å². The zero-order valence-corrected chi connectivity index (χ0v) is 15.7. The summed E-state index contributed by atoms with van der Waals surface area (Å²) in [6.45, 7) is 6.08. The molecular formula is C21H21NO2S. The maximum Gasteiger partial charge on any atom is 0.175 e. The highest BCUT2D eigenvalue weighted by molar-refractivity contribution is 8.00. The average Bonchev–Trinajstić information content (AvgIpc) is 2.62. The van der Waals surface area contributed by atoms with Gasteiger partial charge in [-0.15, -0.1) is 0 Å². The molecule has 0 radical (unpaired) electrons. The Hall–Kier alpha value is -2.33. The van der Waals surface area contributed by atoms with Crippen LogP contribution in [0.1, 0.15) is 28.4 Å². The van der Waals surface area contributed by atoms with Crippen LogP contribution < -0.4 is 4.74 Å². The summed E-state index contributed by atoms with van der Waals surface area (Å²) in [6, 6.07) is 15.5. The number of thioether (sulfide) groups is 1. The van der Waals surface area contributed by atoms with Gasteiger partial charge in [-0.25, -0.2) is 4.98 Å². The van der Waals surface area contributed by atoms with Crippen LogP contribution in [0.5, 0.6) is 5.75 Å². The quantitative estimate of drug-likeness (QED) is 0.466. The number of para-hydroxylation sites is 1. The number of carbonyl (C=O) groups excluding carboxylic acids is 1. The molecule has 0 fully saturated rings. The van der Waals surface area contributed by atoms with Crippen molar-refractivity contribution in [3.8, 4) is 5.75 Å². The predicted octanol–water partition coefficient (Wildman–Crippen LogP) is 5.22. The zero-order valence-electron chi connectivity index (χ0n) is 14.9. The first kappa shape index (κ1) is 17.5. The molecule has 2 aromatic carbocycles. The minimum absolute atomic E-state index is 0.0944. The lowest BCUT2D eigenvalue weighted by Gasteiger charge is -2.12. The van der Waals surface area contributed by atoms with Gasteiger partial charge in [0.25, 0.3) is 0 Å². The summed E-state index contributed by atoms with van der Waals surface area (Å²) in [4.78, 5) is 17.4. The largest absolute Gasteiger partial charge is 0.497 e. The number of aromatic nitrogens is 1. The highest BCUT2D eigenvalue weighted by Gasteiger charge is 2.18. The van der Waals surface area contributed by atoms with Crippen molar-refractivity contribution in [1.82, 2.24) is 4.98 Å². The van der Waals surface area contributed by atoms with Gasteiger partial charge < -0.3 is 4.74 Å². The van der Waals surface area contributed by atoms with Crippen LogP contribution in [0.2, 0.25) is 0 Å². The van der Waals surface area contributed by atoms with Gasteiger partial charge in [-0.1, -0.05) is 30.0 Å². The number of hydrogen-bond acceptors (Lipinski definition) is 4. The number of benzene rings is 2. The second-order valence-electron chi connectivity index (χ2n) is 6.10. The first-order valence-electron chi connectivity index (χ1n) is 8.21. The fourth-order valence-corrected chi connectivity index (χ4v) is 3.81. The smallest absolute Gasteiger partial charge is 0.175 e. The molecule has 0 N–H and O–H groups in total. The van der Waals surface area contributed by atoms with Gasteiger partial charge in [-0.2, -0.15) is 0 Å². The number of pyridine rings is 1. The van der Waals surface area contributed by atoms with Crippen molar-refractivity contribution >= 4 is 28.4 Å². The third-order valence-electron chi connectivity index (χ3n) is 4.27. The van der Waals surface area contributed by atoms with E-state index >= 15 is 0 Å². The van der Waals surface area contributed by atoms with Crippen LogP contribution in [0.25, 0.3) is 10.9 Å². The molecule has 0 aliphatic carbocycles. The van der Waals surface area contributed by atoms with E-state index < -0.39 is 0 Å². The van der Waals surface area contributed by atoms with Crippen molar-refractivity contribution < 1.29 is 9.53 Å². The van der Waals surface area contributed by atoms with Crippen LogP contribution in [0.4, 0.5) is 0 Å². The third-order valence-corrected chi connectivity index (χ3v) is 5.28. The van der Waals surface area contributed by atoms with E-state index in [9.17, 15) is 4.79 Å². The van der Waals surface area contributed by atoms with Crippen LogP contribution in [-0.2, 0) is 0 Å². The van der Waals surface area contributed by atoms with Gasteiger partial charge >= 0.3 is 0 Å². The normalized spacial score (nSPS) is 12.2. The summed E-state index contributed by atoms with van der Waals surface area (Å²) in [6.07, 6.45) is 0. The summed E-state index contributed by atoms with van der Waals surface area (Å²) in [5, 5.41) is 1.84. The Morgan fingerprint density at radius 2 is 1.80 bits per heavy atom. The summed E-state index contributed by atoms with van der Waals surface area (Å²) < 4.78 is 5.14. The molecule has 0 saturated carbocycles.